The number of rotatable bonds is 2. The van der Waals surface area contributed by atoms with Gasteiger partial charge < -0.3 is 20.1 Å². The summed E-state index contributed by atoms with van der Waals surface area (Å²) in [5, 5.41) is 0. The molecule has 2 heterocycles. The summed E-state index contributed by atoms with van der Waals surface area (Å²) in [6, 6.07) is 3.96. The minimum atomic E-state index is 0. The molecule has 0 aliphatic carbocycles. The maximum absolute atomic E-state index is 6.10. The van der Waals surface area contributed by atoms with Crippen molar-refractivity contribution >= 4 is 45.9 Å². The number of aliphatic imine (C=N–C) groups is 1. The van der Waals surface area contributed by atoms with E-state index < -0.39 is 0 Å². The quantitative estimate of drug-likeness (QED) is 0.400. The van der Waals surface area contributed by atoms with Gasteiger partial charge in [0.05, 0.1) is 11.0 Å². The van der Waals surface area contributed by atoms with E-state index in [0.717, 1.165) is 40.5 Å². The van der Waals surface area contributed by atoms with Crippen LogP contribution in [0.3, 0.4) is 0 Å². The molecule has 122 valence electrons. The molecule has 1 fully saturated rings. The molecule has 0 radical (unpaired) electrons. The van der Waals surface area contributed by atoms with E-state index in [9.17, 15) is 0 Å². The number of nitrogens with zero attached hydrogens (tertiary/aromatic N) is 2. The third-order valence-electron chi connectivity index (χ3n) is 4.02. The zero-order valence-electron chi connectivity index (χ0n) is 12.5. The largest absolute Gasteiger partial charge is 0.454 e. The molecule has 0 unspecified atom stereocenters. The number of halogens is 2. The molecule has 3 rings (SSSR count). The first kappa shape index (κ1) is 17.7. The third kappa shape index (κ3) is 3.98. The number of hydrogen-bond donors (Lipinski definition) is 1. The number of ether oxygens (including phenoxy) is 2. The Bertz CT molecular complexity index is 560. The molecule has 0 atom stereocenters. The molecule has 1 aromatic carbocycles. The molecule has 5 nitrogen and oxygen atoms in total. The van der Waals surface area contributed by atoms with Gasteiger partial charge in [0.15, 0.2) is 17.5 Å². The van der Waals surface area contributed by atoms with Gasteiger partial charge in [0.25, 0.3) is 0 Å². The average molecular weight is 482 g/mol. The Labute approximate surface area is 156 Å². The third-order valence-corrected chi connectivity index (χ3v) is 4.61. The van der Waals surface area contributed by atoms with Crippen molar-refractivity contribution in [1.29, 1.82) is 0 Å². The van der Waals surface area contributed by atoms with Crippen LogP contribution in [0.25, 0.3) is 0 Å². The zero-order valence-corrected chi connectivity index (χ0v) is 16.5. The van der Waals surface area contributed by atoms with Crippen LogP contribution in [0, 0.1) is 5.92 Å². The summed E-state index contributed by atoms with van der Waals surface area (Å²) in [5.41, 5.74) is 7.16. The minimum absolute atomic E-state index is 0. The lowest BCUT2D eigenvalue weighted by molar-refractivity contribution is 0.173. The summed E-state index contributed by atoms with van der Waals surface area (Å²) in [4.78, 5) is 6.68. The van der Waals surface area contributed by atoms with Crippen LogP contribution < -0.4 is 15.2 Å². The van der Waals surface area contributed by atoms with Crippen molar-refractivity contribution in [2.45, 2.75) is 26.3 Å². The van der Waals surface area contributed by atoms with Gasteiger partial charge >= 0.3 is 0 Å². The molecule has 0 amide bonds. The molecule has 0 spiro atoms. The Morgan fingerprint density at radius 1 is 1.36 bits per heavy atom. The van der Waals surface area contributed by atoms with Crippen molar-refractivity contribution in [3.63, 3.8) is 0 Å². The smallest absolute Gasteiger partial charge is 0.231 e. The van der Waals surface area contributed by atoms with Gasteiger partial charge in [-0.15, -0.1) is 24.0 Å². The van der Waals surface area contributed by atoms with E-state index in [2.05, 4.69) is 32.7 Å². The van der Waals surface area contributed by atoms with Gasteiger partial charge in [-0.3, -0.25) is 0 Å². The molecule has 2 aliphatic rings. The van der Waals surface area contributed by atoms with Crippen molar-refractivity contribution in [1.82, 2.24) is 4.90 Å². The molecular weight excluding hydrogens is 461 g/mol. The maximum atomic E-state index is 6.10. The topological polar surface area (TPSA) is 60.1 Å². The standard InChI is InChI=1S/C15H20BrN3O2.HI/c1-10-2-4-19(5-3-10)15(17)18-8-11-6-12(16)14-13(7-11)20-9-21-14;/h6-7,10H,2-5,8-9H2,1H3,(H2,17,18);1H. The van der Waals surface area contributed by atoms with Crippen molar-refractivity contribution < 1.29 is 9.47 Å². The Kier molecular flexibility index (Phi) is 6.19. The van der Waals surface area contributed by atoms with Gasteiger partial charge in [-0.05, 0) is 52.4 Å². The van der Waals surface area contributed by atoms with Crippen molar-refractivity contribution in [2.75, 3.05) is 19.9 Å². The molecule has 7 heteroatoms. The highest BCUT2D eigenvalue weighted by molar-refractivity contribution is 14.0. The van der Waals surface area contributed by atoms with Gasteiger partial charge in [0.2, 0.25) is 6.79 Å². The normalized spacial score (nSPS) is 18.3. The molecule has 2 N–H and O–H groups in total. The highest BCUT2D eigenvalue weighted by Crippen LogP contribution is 2.40. The monoisotopic (exact) mass is 481 g/mol. The van der Waals surface area contributed by atoms with E-state index in [1.807, 2.05) is 12.1 Å². The van der Waals surface area contributed by atoms with E-state index in [-0.39, 0.29) is 30.8 Å². The van der Waals surface area contributed by atoms with E-state index in [1.54, 1.807) is 0 Å². The molecule has 1 aromatic rings. The van der Waals surface area contributed by atoms with Gasteiger partial charge in [0, 0.05) is 13.1 Å². The highest BCUT2D eigenvalue weighted by Gasteiger charge is 2.19. The van der Waals surface area contributed by atoms with Gasteiger partial charge in [-0.2, -0.15) is 0 Å². The van der Waals surface area contributed by atoms with E-state index in [4.69, 9.17) is 15.2 Å². The molecule has 0 saturated carbocycles. The molecule has 2 aliphatic heterocycles. The Hall–Kier alpha value is -0.700. The zero-order chi connectivity index (χ0) is 14.8. The van der Waals surface area contributed by atoms with Gasteiger partial charge in [-0.1, -0.05) is 6.92 Å². The number of hydrogen-bond acceptors (Lipinski definition) is 3. The van der Waals surface area contributed by atoms with Crippen LogP contribution >= 0.6 is 39.9 Å². The SMILES string of the molecule is CC1CCN(C(N)=NCc2cc(Br)c3c(c2)OCO3)CC1.I. The predicted molar refractivity (Wildman–Crippen MR) is 101 cm³/mol. The Morgan fingerprint density at radius 3 is 2.82 bits per heavy atom. The molecule has 1 saturated heterocycles. The maximum Gasteiger partial charge on any atom is 0.231 e. The number of piperidine rings is 1. The summed E-state index contributed by atoms with van der Waals surface area (Å²) in [7, 11) is 0. The number of benzene rings is 1. The number of guanidine groups is 1. The summed E-state index contributed by atoms with van der Waals surface area (Å²) < 4.78 is 11.7. The first-order valence-corrected chi connectivity index (χ1v) is 8.05. The summed E-state index contributed by atoms with van der Waals surface area (Å²) in [5.74, 6) is 2.95. The van der Waals surface area contributed by atoms with Crippen LogP contribution in [-0.2, 0) is 6.54 Å². The molecule has 0 aromatic heterocycles. The second-order valence-electron chi connectivity index (χ2n) is 5.66. The molecule has 22 heavy (non-hydrogen) atoms. The fourth-order valence-electron chi connectivity index (χ4n) is 2.62. The summed E-state index contributed by atoms with van der Waals surface area (Å²) in [6.07, 6.45) is 2.37. The van der Waals surface area contributed by atoms with Crippen molar-refractivity contribution in [3.8, 4) is 11.5 Å². The fourth-order valence-corrected chi connectivity index (χ4v) is 3.23. The Balaban J connectivity index is 0.00000176. The average Bonchev–Trinajstić information content (AvgIpc) is 2.94. The second kappa shape index (κ2) is 7.72. The van der Waals surface area contributed by atoms with E-state index in [0.29, 0.717) is 12.5 Å². The van der Waals surface area contributed by atoms with Gasteiger partial charge in [0.1, 0.15) is 0 Å². The number of nitrogens with two attached hydrogens (primary N) is 1. The lowest BCUT2D eigenvalue weighted by atomic mass is 10.00. The highest BCUT2D eigenvalue weighted by atomic mass is 127. The number of fused-ring (bicyclic) bond motifs is 1. The van der Waals surface area contributed by atoms with Crippen molar-refractivity contribution in [2.24, 2.45) is 16.6 Å². The second-order valence-corrected chi connectivity index (χ2v) is 6.51. The first-order chi connectivity index (χ1) is 10.1. The molecule has 0 bridgehead atoms. The van der Waals surface area contributed by atoms with Crippen LogP contribution in [0.5, 0.6) is 11.5 Å². The lowest BCUT2D eigenvalue weighted by Crippen LogP contribution is -2.42. The predicted octanol–water partition coefficient (Wildman–Crippen LogP) is 3.34. The molecular formula is C15H21BrIN3O2. The summed E-state index contributed by atoms with van der Waals surface area (Å²) >= 11 is 3.49. The van der Waals surface area contributed by atoms with Crippen LogP contribution in [0.1, 0.15) is 25.3 Å². The van der Waals surface area contributed by atoms with Gasteiger partial charge in [-0.25, -0.2) is 4.99 Å². The van der Waals surface area contributed by atoms with Crippen LogP contribution in [0.15, 0.2) is 21.6 Å². The minimum Gasteiger partial charge on any atom is -0.454 e. The van der Waals surface area contributed by atoms with Crippen molar-refractivity contribution in [3.05, 3.63) is 22.2 Å². The number of likely N-dealkylation sites (tertiary alicyclic amines) is 1. The lowest BCUT2D eigenvalue weighted by Gasteiger charge is -2.31. The van der Waals surface area contributed by atoms with E-state index in [1.165, 1.54) is 12.8 Å². The van der Waals surface area contributed by atoms with E-state index >= 15 is 0 Å². The summed E-state index contributed by atoms with van der Waals surface area (Å²) in [6.45, 7) is 5.11. The van der Waals surface area contributed by atoms with Crippen LogP contribution in [-0.4, -0.2) is 30.7 Å². The van der Waals surface area contributed by atoms with Crippen LogP contribution in [0.4, 0.5) is 0 Å². The fraction of sp³-hybridized carbons (Fsp3) is 0.533. The van der Waals surface area contributed by atoms with Crippen LogP contribution in [0.2, 0.25) is 0 Å². The first-order valence-electron chi connectivity index (χ1n) is 7.26. The Morgan fingerprint density at radius 2 is 2.09 bits per heavy atom.